The first-order valence-electron chi connectivity index (χ1n) is 10.7. The number of hydrogen-bond donors (Lipinski definition) is 0. The van der Waals surface area contributed by atoms with Gasteiger partial charge in [-0.1, -0.05) is 37.0 Å². The van der Waals surface area contributed by atoms with E-state index in [-0.39, 0.29) is 29.2 Å². The van der Waals surface area contributed by atoms with Gasteiger partial charge < -0.3 is 9.64 Å². The molecule has 2 aliphatic heterocycles. The van der Waals surface area contributed by atoms with Crippen molar-refractivity contribution in [1.82, 2.24) is 9.47 Å². The molecule has 0 spiro atoms. The second kappa shape index (κ2) is 10.0. The standard InChI is InChI=1S/C23H28N4O3S2/c1-6-8-26-20(25-12-14(3)30-15(4)13-25)17(16(5)18(11-24)21(26)28)10-19-22(29)27(9-7-2)23(31)32-19/h7,10,14-15H,2,6,8-9,12-13H2,1,3-5H3. The van der Waals surface area contributed by atoms with E-state index in [0.717, 1.165) is 12.2 Å². The molecule has 2 atom stereocenters. The monoisotopic (exact) mass is 472 g/mol. The van der Waals surface area contributed by atoms with Crippen LogP contribution >= 0.6 is 24.0 Å². The first-order chi connectivity index (χ1) is 15.2. The zero-order valence-corrected chi connectivity index (χ0v) is 20.5. The maximum Gasteiger partial charge on any atom is 0.270 e. The van der Waals surface area contributed by atoms with Gasteiger partial charge in [-0.15, -0.1) is 6.58 Å². The molecule has 2 fully saturated rings. The Kier molecular flexibility index (Phi) is 7.59. The number of aromatic nitrogens is 1. The smallest absolute Gasteiger partial charge is 0.270 e. The highest BCUT2D eigenvalue weighted by Crippen LogP contribution is 2.36. The minimum absolute atomic E-state index is 0.0153. The van der Waals surface area contributed by atoms with Crippen molar-refractivity contribution in [2.24, 2.45) is 0 Å². The molecule has 0 aliphatic carbocycles. The number of nitrogens with zero attached hydrogens (tertiary/aromatic N) is 4. The number of morpholine rings is 1. The second-order valence-corrected chi connectivity index (χ2v) is 9.72. The predicted molar refractivity (Wildman–Crippen MR) is 133 cm³/mol. The van der Waals surface area contributed by atoms with Crippen LogP contribution in [0.15, 0.2) is 22.4 Å². The van der Waals surface area contributed by atoms with E-state index in [4.69, 9.17) is 17.0 Å². The van der Waals surface area contributed by atoms with E-state index in [0.29, 0.717) is 46.5 Å². The van der Waals surface area contributed by atoms with Gasteiger partial charge in [-0.2, -0.15) is 5.26 Å². The average Bonchev–Trinajstić information content (AvgIpc) is 2.99. The molecule has 0 N–H and O–H groups in total. The number of carbonyl (C=O) groups is 1. The molecule has 0 bridgehead atoms. The number of ether oxygens (including phenoxy) is 1. The Morgan fingerprint density at radius 3 is 2.53 bits per heavy atom. The van der Waals surface area contributed by atoms with Crippen molar-refractivity contribution in [2.45, 2.75) is 52.9 Å². The third-order valence-corrected chi connectivity index (χ3v) is 6.85. The van der Waals surface area contributed by atoms with E-state index in [2.05, 4.69) is 17.5 Å². The van der Waals surface area contributed by atoms with Crippen molar-refractivity contribution in [2.75, 3.05) is 24.5 Å². The Morgan fingerprint density at radius 2 is 1.97 bits per heavy atom. The van der Waals surface area contributed by atoms with Crippen LogP contribution in [0, 0.1) is 18.3 Å². The number of nitriles is 1. The van der Waals surface area contributed by atoms with Crippen LogP contribution < -0.4 is 10.5 Å². The number of rotatable bonds is 6. The maximum atomic E-state index is 13.2. The van der Waals surface area contributed by atoms with E-state index in [1.54, 1.807) is 23.6 Å². The molecule has 0 aromatic carbocycles. The summed E-state index contributed by atoms with van der Waals surface area (Å²) in [5.41, 5.74) is 1.07. The van der Waals surface area contributed by atoms with Crippen LogP contribution in [-0.4, -0.2) is 51.5 Å². The molecular weight excluding hydrogens is 444 g/mol. The molecule has 0 saturated carbocycles. The van der Waals surface area contributed by atoms with Crippen molar-refractivity contribution in [3.63, 3.8) is 0 Å². The van der Waals surface area contributed by atoms with Crippen molar-refractivity contribution in [3.8, 4) is 6.07 Å². The average molecular weight is 473 g/mol. The van der Waals surface area contributed by atoms with Gasteiger partial charge in [-0.05, 0) is 38.8 Å². The van der Waals surface area contributed by atoms with E-state index < -0.39 is 0 Å². The van der Waals surface area contributed by atoms with Gasteiger partial charge in [0.05, 0.1) is 17.1 Å². The summed E-state index contributed by atoms with van der Waals surface area (Å²) in [6.45, 7) is 13.5. The van der Waals surface area contributed by atoms with Gasteiger partial charge in [-0.25, -0.2) is 0 Å². The van der Waals surface area contributed by atoms with Gasteiger partial charge in [0.2, 0.25) is 0 Å². The molecule has 9 heteroatoms. The zero-order chi connectivity index (χ0) is 23.6. The van der Waals surface area contributed by atoms with Gasteiger partial charge in [0.15, 0.2) is 0 Å². The Balaban J connectivity index is 2.27. The van der Waals surface area contributed by atoms with Gasteiger partial charge in [-0.3, -0.25) is 19.1 Å². The SMILES string of the molecule is C=CCN1C(=O)C(=Cc2c(C)c(C#N)c(=O)n(CCC)c2N2CC(C)OC(C)C2)SC1=S. The molecule has 2 saturated heterocycles. The van der Waals surface area contributed by atoms with Crippen LogP contribution in [0.2, 0.25) is 0 Å². The van der Waals surface area contributed by atoms with Crippen LogP contribution in [0.4, 0.5) is 5.82 Å². The molecule has 3 heterocycles. The summed E-state index contributed by atoms with van der Waals surface area (Å²) >= 11 is 6.61. The van der Waals surface area contributed by atoms with Crippen molar-refractivity contribution in [3.05, 3.63) is 44.6 Å². The minimum atomic E-state index is -0.301. The topological polar surface area (TPSA) is 78.6 Å². The number of pyridine rings is 1. The third-order valence-electron chi connectivity index (χ3n) is 5.47. The number of hydrogen-bond acceptors (Lipinski definition) is 7. The van der Waals surface area contributed by atoms with Gasteiger partial charge >= 0.3 is 0 Å². The first-order valence-corrected chi connectivity index (χ1v) is 11.9. The molecule has 170 valence electrons. The molecule has 32 heavy (non-hydrogen) atoms. The Bertz CT molecular complexity index is 1080. The fourth-order valence-electron chi connectivity index (χ4n) is 4.18. The van der Waals surface area contributed by atoms with Crippen LogP contribution in [0.5, 0.6) is 0 Å². The molecule has 2 aliphatic rings. The quantitative estimate of drug-likeness (QED) is 0.356. The fourth-order valence-corrected chi connectivity index (χ4v) is 5.44. The van der Waals surface area contributed by atoms with Gasteiger partial charge in [0.1, 0.15) is 21.8 Å². The van der Waals surface area contributed by atoms with Crippen LogP contribution in [0.1, 0.15) is 43.9 Å². The second-order valence-electron chi connectivity index (χ2n) is 8.05. The van der Waals surface area contributed by atoms with Crippen LogP contribution in [0.3, 0.4) is 0 Å². The van der Waals surface area contributed by atoms with E-state index in [1.807, 2.05) is 20.8 Å². The highest BCUT2D eigenvalue weighted by Gasteiger charge is 2.33. The number of anilines is 1. The van der Waals surface area contributed by atoms with Gasteiger partial charge in [0.25, 0.3) is 11.5 Å². The predicted octanol–water partition coefficient (Wildman–Crippen LogP) is 3.44. The normalized spacial score (nSPS) is 22.5. The number of thioether (sulfide) groups is 1. The molecule has 2 unspecified atom stereocenters. The highest BCUT2D eigenvalue weighted by atomic mass is 32.2. The molecule has 3 rings (SSSR count). The largest absolute Gasteiger partial charge is 0.372 e. The minimum Gasteiger partial charge on any atom is -0.372 e. The maximum absolute atomic E-state index is 13.2. The summed E-state index contributed by atoms with van der Waals surface area (Å²) in [6, 6.07) is 2.08. The summed E-state index contributed by atoms with van der Waals surface area (Å²) in [5.74, 6) is 0.532. The molecule has 1 aromatic rings. The lowest BCUT2D eigenvalue weighted by Gasteiger charge is -2.39. The van der Waals surface area contributed by atoms with Crippen molar-refractivity contribution < 1.29 is 9.53 Å². The van der Waals surface area contributed by atoms with Gasteiger partial charge in [0, 0.05) is 31.7 Å². The van der Waals surface area contributed by atoms with Crippen LogP contribution in [-0.2, 0) is 16.1 Å². The van der Waals surface area contributed by atoms with E-state index in [9.17, 15) is 14.9 Å². The number of carbonyl (C=O) groups excluding carboxylic acids is 1. The Hall–Kier alpha value is -2.41. The summed E-state index contributed by atoms with van der Waals surface area (Å²) < 4.78 is 8.04. The molecule has 0 radical (unpaired) electrons. The van der Waals surface area contributed by atoms with E-state index >= 15 is 0 Å². The lowest BCUT2D eigenvalue weighted by Crippen LogP contribution is -2.48. The fraction of sp³-hybridized carbons (Fsp3) is 0.478. The third kappa shape index (κ3) is 4.53. The molecular formula is C23H28N4O3S2. The highest BCUT2D eigenvalue weighted by molar-refractivity contribution is 8.26. The first kappa shape index (κ1) is 24.2. The summed E-state index contributed by atoms with van der Waals surface area (Å²) in [5, 5.41) is 9.74. The zero-order valence-electron chi connectivity index (χ0n) is 18.9. The van der Waals surface area contributed by atoms with Crippen LogP contribution in [0.25, 0.3) is 6.08 Å². The Morgan fingerprint density at radius 1 is 1.31 bits per heavy atom. The van der Waals surface area contributed by atoms with Crippen molar-refractivity contribution >= 4 is 46.1 Å². The lowest BCUT2D eigenvalue weighted by atomic mass is 10.0. The number of amides is 1. The Labute approximate surface area is 198 Å². The molecule has 1 amide bonds. The summed E-state index contributed by atoms with van der Waals surface area (Å²) in [4.78, 5) is 30.3. The number of thiocarbonyl (C=S) groups is 1. The molecule has 7 nitrogen and oxygen atoms in total. The van der Waals surface area contributed by atoms with E-state index in [1.165, 1.54) is 16.7 Å². The summed E-state index contributed by atoms with van der Waals surface area (Å²) in [7, 11) is 0. The summed E-state index contributed by atoms with van der Waals surface area (Å²) in [6.07, 6.45) is 4.12. The lowest BCUT2D eigenvalue weighted by molar-refractivity contribution is -0.121. The van der Waals surface area contributed by atoms with Crippen molar-refractivity contribution in [1.29, 1.82) is 5.26 Å². The molecule has 1 aromatic heterocycles.